The Morgan fingerprint density at radius 1 is 1.15 bits per heavy atom. The Kier molecular flexibility index (Phi) is 6.17. The highest BCUT2D eigenvalue weighted by atomic mass is 35.5. The van der Waals surface area contributed by atoms with E-state index in [-0.39, 0.29) is 5.91 Å². The molecule has 3 aromatic carbocycles. The number of nitrogens with zero attached hydrogens (tertiary/aromatic N) is 3. The van der Waals surface area contributed by atoms with Gasteiger partial charge in [0, 0.05) is 34.4 Å². The molecule has 0 unspecified atom stereocenters. The summed E-state index contributed by atoms with van der Waals surface area (Å²) in [5.74, 6) is 1.37. The summed E-state index contributed by atoms with van der Waals surface area (Å²) in [7, 11) is 1.62. The van der Waals surface area contributed by atoms with Gasteiger partial charge < -0.3 is 13.9 Å². The van der Waals surface area contributed by atoms with E-state index in [1.807, 2.05) is 54.6 Å². The number of hydrazone groups is 1. The smallest absolute Gasteiger partial charge is 0.257 e. The molecule has 2 heterocycles. The molecule has 1 atom stereocenters. The number of halogens is 1. The molecule has 1 aliphatic rings. The molecule has 0 saturated carbocycles. The summed E-state index contributed by atoms with van der Waals surface area (Å²) in [6.45, 7) is 1.45. The van der Waals surface area contributed by atoms with Gasteiger partial charge in [-0.2, -0.15) is 5.01 Å². The highest BCUT2D eigenvalue weighted by Crippen LogP contribution is 2.35. The lowest BCUT2D eigenvalue weighted by Gasteiger charge is -2.20. The average molecular weight is 494 g/mol. The van der Waals surface area contributed by atoms with E-state index in [0.29, 0.717) is 27.5 Å². The number of hydrogen-bond acceptors (Lipinski definition) is 7. The van der Waals surface area contributed by atoms with Gasteiger partial charge in [-0.3, -0.25) is 4.79 Å². The van der Waals surface area contributed by atoms with Crippen LogP contribution in [0.3, 0.4) is 0 Å². The number of thioether (sulfide) groups is 1. The van der Waals surface area contributed by atoms with Gasteiger partial charge in [0.15, 0.2) is 5.58 Å². The number of carbonyl (C=O) groups excluding carboxylic acids is 1. The van der Waals surface area contributed by atoms with Crippen molar-refractivity contribution in [2.75, 3.05) is 7.11 Å². The fourth-order valence-corrected chi connectivity index (χ4v) is 4.65. The molecule has 1 aromatic heterocycles. The Morgan fingerprint density at radius 3 is 2.76 bits per heavy atom. The van der Waals surface area contributed by atoms with Crippen molar-refractivity contribution in [2.45, 2.75) is 24.1 Å². The molecule has 0 radical (unpaired) electrons. The van der Waals surface area contributed by atoms with E-state index >= 15 is 0 Å². The second kappa shape index (κ2) is 9.40. The van der Waals surface area contributed by atoms with Crippen molar-refractivity contribution in [3.63, 3.8) is 0 Å². The SMILES string of the molecule is COc1ccc([C@@H]2OC(c3cccc(Cl)c3)=NN2C(C)=O)cc1CSc1nc2ccccc2o1. The van der Waals surface area contributed by atoms with Crippen LogP contribution in [0.15, 0.2) is 81.5 Å². The molecule has 1 amide bonds. The maximum Gasteiger partial charge on any atom is 0.257 e. The van der Waals surface area contributed by atoms with Gasteiger partial charge in [-0.25, -0.2) is 4.98 Å². The number of aromatic nitrogens is 1. The number of ether oxygens (including phenoxy) is 2. The molecule has 5 rings (SSSR count). The van der Waals surface area contributed by atoms with Crippen LogP contribution in [0.2, 0.25) is 5.02 Å². The molecule has 34 heavy (non-hydrogen) atoms. The number of benzene rings is 3. The first-order valence-corrected chi connectivity index (χ1v) is 11.8. The van der Waals surface area contributed by atoms with Crippen LogP contribution >= 0.6 is 23.4 Å². The maximum atomic E-state index is 12.3. The van der Waals surface area contributed by atoms with Crippen molar-refractivity contribution in [3.05, 3.63) is 88.4 Å². The monoisotopic (exact) mass is 493 g/mol. The summed E-state index contributed by atoms with van der Waals surface area (Å²) in [6, 6.07) is 20.5. The number of para-hydroxylation sites is 2. The first-order valence-electron chi connectivity index (χ1n) is 10.5. The summed E-state index contributed by atoms with van der Waals surface area (Å²) in [6.07, 6.45) is -0.703. The van der Waals surface area contributed by atoms with Crippen LogP contribution in [-0.2, 0) is 15.3 Å². The van der Waals surface area contributed by atoms with Crippen LogP contribution in [0.5, 0.6) is 5.75 Å². The summed E-state index contributed by atoms with van der Waals surface area (Å²) < 4.78 is 17.5. The van der Waals surface area contributed by atoms with Crippen molar-refractivity contribution in [3.8, 4) is 5.75 Å². The minimum atomic E-state index is -0.703. The quantitative estimate of drug-likeness (QED) is 0.305. The number of rotatable bonds is 6. The predicted octanol–water partition coefficient (Wildman–Crippen LogP) is 6.02. The van der Waals surface area contributed by atoms with Gasteiger partial charge in [0.1, 0.15) is 11.3 Å². The first kappa shape index (κ1) is 22.3. The van der Waals surface area contributed by atoms with Crippen molar-refractivity contribution < 1.29 is 18.7 Å². The molecule has 172 valence electrons. The van der Waals surface area contributed by atoms with E-state index in [9.17, 15) is 4.79 Å². The van der Waals surface area contributed by atoms with E-state index in [4.69, 9.17) is 25.5 Å². The summed E-state index contributed by atoms with van der Waals surface area (Å²) in [5.41, 5.74) is 3.93. The first-order chi connectivity index (χ1) is 16.5. The van der Waals surface area contributed by atoms with Crippen molar-refractivity contribution in [2.24, 2.45) is 5.10 Å². The highest BCUT2D eigenvalue weighted by molar-refractivity contribution is 7.98. The maximum absolute atomic E-state index is 12.3. The van der Waals surface area contributed by atoms with Gasteiger partial charge in [-0.15, -0.1) is 5.10 Å². The van der Waals surface area contributed by atoms with E-state index in [2.05, 4.69) is 10.1 Å². The minimum absolute atomic E-state index is 0.236. The number of methoxy groups -OCH3 is 1. The standard InChI is InChI=1S/C25H20ClN3O4S/c1-15(30)29-24(33-23(28-29)16-6-5-7-19(26)13-16)17-10-11-21(31-2)18(12-17)14-34-25-27-20-8-3-4-9-22(20)32-25/h3-13,24H,14H2,1-2H3/t24-/m0/s1. The molecule has 0 N–H and O–H groups in total. The third kappa shape index (κ3) is 4.47. The van der Waals surface area contributed by atoms with Gasteiger partial charge in [0.05, 0.1) is 7.11 Å². The molecule has 7 nitrogen and oxygen atoms in total. The lowest BCUT2D eigenvalue weighted by Crippen LogP contribution is -2.25. The van der Waals surface area contributed by atoms with Gasteiger partial charge >= 0.3 is 0 Å². The lowest BCUT2D eigenvalue weighted by atomic mass is 10.1. The zero-order valence-corrected chi connectivity index (χ0v) is 20.0. The second-order valence-corrected chi connectivity index (χ2v) is 8.92. The molecular weight excluding hydrogens is 474 g/mol. The largest absolute Gasteiger partial charge is 0.496 e. The van der Waals surface area contributed by atoms with Crippen molar-refractivity contribution >= 4 is 46.3 Å². The molecule has 0 aliphatic carbocycles. The van der Waals surface area contributed by atoms with Crippen LogP contribution in [0, 0.1) is 0 Å². The van der Waals surface area contributed by atoms with Gasteiger partial charge in [-0.1, -0.05) is 41.6 Å². The molecule has 0 saturated heterocycles. The van der Waals surface area contributed by atoms with E-state index < -0.39 is 6.23 Å². The molecule has 4 aromatic rings. The number of amides is 1. The zero-order chi connectivity index (χ0) is 23.7. The summed E-state index contributed by atoms with van der Waals surface area (Å²) in [5, 5.41) is 6.87. The Morgan fingerprint density at radius 2 is 2.00 bits per heavy atom. The molecule has 0 fully saturated rings. The lowest BCUT2D eigenvalue weighted by molar-refractivity contribution is -0.135. The predicted molar refractivity (Wildman–Crippen MR) is 131 cm³/mol. The summed E-state index contributed by atoms with van der Waals surface area (Å²) in [4.78, 5) is 16.9. The fourth-order valence-electron chi connectivity index (χ4n) is 3.64. The van der Waals surface area contributed by atoms with Crippen molar-refractivity contribution in [1.82, 2.24) is 9.99 Å². The van der Waals surface area contributed by atoms with Gasteiger partial charge in [-0.05, 0) is 48.5 Å². The molecule has 0 spiro atoms. The third-order valence-electron chi connectivity index (χ3n) is 5.25. The molecular formula is C25H20ClN3O4S. The van der Waals surface area contributed by atoms with Crippen LogP contribution in [0.4, 0.5) is 0 Å². The highest BCUT2D eigenvalue weighted by Gasteiger charge is 2.33. The van der Waals surface area contributed by atoms with Gasteiger partial charge in [0.25, 0.3) is 5.22 Å². The number of carbonyl (C=O) groups is 1. The molecule has 0 bridgehead atoms. The summed E-state index contributed by atoms with van der Waals surface area (Å²) >= 11 is 7.58. The normalized spacial score (nSPS) is 15.3. The Labute approximate surface area is 205 Å². The number of fused-ring (bicyclic) bond motifs is 1. The number of oxazole rings is 1. The Hall–Kier alpha value is -3.49. The van der Waals surface area contributed by atoms with E-state index in [1.54, 1.807) is 19.2 Å². The molecule has 9 heteroatoms. The van der Waals surface area contributed by atoms with Crippen LogP contribution in [-0.4, -0.2) is 28.9 Å². The zero-order valence-electron chi connectivity index (χ0n) is 18.4. The van der Waals surface area contributed by atoms with Crippen LogP contribution < -0.4 is 4.74 Å². The Balaban J connectivity index is 1.41. The van der Waals surface area contributed by atoms with Gasteiger partial charge in [0.2, 0.25) is 18.0 Å². The van der Waals surface area contributed by atoms with E-state index in [0.717, 1.165) is 28.0 Å². The van der Waals surface area contributed by atoms with Crippen LogP contribution in [0.1, 0.15) is 29.8 Å². The van der Waals surface area contributed by atoms with Crippen molar-refractivity contribution in [1.29, 1.82) is 0 Å². The van der Waals surface area contributed by atoms with E-state index in [1.165, 1.54) is 23.7 Å². The second-order valence-electron chi connectivity index (χ2n) is 7.56. The number of hydrogen-bond donors (Lipinski definition) is 0. The fraction of sp³-hybridized carbons (Fsp3) is 0.160. The minimum Gasteiger partial charge on any atom is -0.496 e. The third-order valence-corrected chi connectivity index (χ3v) is 6.37. The average Bonchev–Trinajstić information content (AvgIpc) is 3.47. The Bertz CT molecular complexity index is 1370. The van der Waals surface area contributed by atoms with Crippen LogP contribution in [0.25, 0.3) is 11.1 Å². The topological polar surface area (TPSA) is 77.2 Å². The molecule has 1 aliphatic heterocycles.